The lowest BCUT2D eigenvalue weighted by atomic mass is 10.1. The fraction of sp³-hybridized carbons (Fsp3) is 0.105. The van der Waals surface area contributed by atoms with Crippen LogP contribution in [0.1, 0.15) is 18.2 Å². The zero-order chi connectivity index (χ0) is 22.1. The maximum atomic E-state index is 10.6. The van der Waals surface area contributed by atoms with Crippen molar-refractivity contribution >= 4 is 40.4 Å². The fourth-order valence-electron chi connectivity index (χ4n) is 2.52. The number of amides is 1. The molecule has 0 bridgehead atoms. The van der Waals surface area contributed by atoms with E-state index in [0.717, 1.165) is 16.6 Å². The molecule has 1 aromatic heterocycles. The number of hydroxylamine groups is 1. The normalized spacial score (nSPS) is 11.4. The molecule has 0 spiro atoms. The number of nitrogens with one attached hydrogen (secondary N) is 3. The number of nitrogens with zero attached hydrogens (tertiary/aromatic N) is 3. The zero-order valence-corrected chi connectivity index (χ0v) is 16.3. The predicted octanol–water partition coefficient (Wildman–Crippen LogP) is 2.66. The molecule has 0 atom stereocenters. The van der Waals surface area contributed by atoms with E-state index in [1.807, 2.05) is 19.1 Å². The Morgan fingerprint density at radius 3 is 2.53 bits per heavy atom. The van der Waals surface area contributed by atoms with Crippen molar-refractivity contribution in [1.29, 1.82) is 0 Å². The lowest BCUT2D eigenvalue weighted by Gasteiger charge is -2.01. The van der Waals surface area contributed by atoms with E-state index >= 15 is 0 Å². The van der Waals surface area contributed by atoms with Crippen molar-refractivity contribution in [2.75, 3.05) is 5.32 Å². The highest BCUT2D eigenvalue weighted by molar-refractivity contribution is 5.99. The first kappa shape index (κ1) is 22.0. The Bertz CT molecular complexity index is 1090. The third kappa shape index (κ3) is 5.87. The number of hydrogen-bond donors (Lipinski definition) is 5. The van der Waals surface area contributed by atoms with Crippen molar-refractivity contribution in [3.8, 4) is 0 Å². The van der Waals surface area contributed by atoms with Gasteiger partial charge < -0.3 is 16.0 Å². The summed E-state index contributed by atoms with van der Waals surface area (Å²) in [6.45, 7) is 3.63. The number of para-hydroxylation sites is 1. The molecule has 0 aliphatic heterocycles. The zero-order valence-electron chi connectivity index (χ0n) is 16.3. The van der Waals surface area contributed by atoms with E-state index in [9.17, 15) is 14.9 Å². The Hall–Kier alpha value is -4.25. The van der Waals surface area contributed by atoms with Gasteiger partial charge in [0.05, 0.1) is 10.6 Å². The van der Waals surface area contributed by atoms with Gasteiger partial charge in [0, 0.05) is 22.8 Å². The van der Waals surface area contributed by atoms with Crippen LogP contribution < -0.4 is 16.5 Å². The van der Waals surface area contributed by atoms with Crippen molar-refractivity contribution in [3.63, 3.8) is 0 Å². The van der Waals surface area contributed by atoms with Gasteiger partial charge in [-0.1, -0.05) is 24.3 Å². The first-order valence-electron chi connectivity index (χ1n) is 8.67. The second-order valence-corrected chi connectivity index (χ2v) is 6.07. The molecule has 0 saturated carbocycles. The molecule has 11 nitrogen and oxygen atoms in total. The molecule has 3 rings (SSSR count). The molecule has 6 N–H and O–H groups in total. The van der Waals surface area contributed by atoms with E-state index < -0.39 is 0 Å². The summed E-state index contributed by atoms with van der Waals surface area (Å²) in [5.41, 5.74) is 10.7. The van der Waals surface area contributed by atoms with E-state index in [4.69, 9.17) is 10.9 Å². The average molecular weight is 411 g/mol. The highest BCUT2D eigenvalue weighted by Gasteiger charge is 2.12. The molecule has 1 amide bonds. The molecule has 0 radical (unpaired) electrons. The predicted molar refractivity (Wildman–Crippen MR) is 115 cm³/mol. The fourth-order valence-corrected chi connectivity index (χ4v) is 2.52. The van der Waals surface area contributed by atoms with Gasteiger partial charge in [0.2, 0.25) is 12.4 Å². The smallest absolute Gasteiger partial charge is 0.293 e. The summed E-state index contributed by atoms with van der Waals surface area (Å²) in [5.74, 6) is -0.191. The number of carbonyl (C=O) groups excluding carboxylic acids is 1. The number of aryl methyl sites for hydroxylation is 1. The molecule has 156 valence electrons. The van der Waals surface area contributed by atoms with Crippen LogP contribution in [0.4, 0.5) is 11.4 Å². The van der Waals surface area contributed by atoms with E-state index in [-0.39, 0.29) is 16.6 Å². The Morgan fingerprint density at radius 2 is 1.93 bits per heavy atom. The topological polar surface area (TPSA) is 171 Å². The molecule has 0 aliphatic carbocycles. The number of guanidine groups is 1. The molecule has 0 fully saturated rings. The van der Waals surface area contributed by atoms with Gasteiger partial charge in [-0.3, -0.25) is 20.1 Å². The van der Waals surface area contributed by atoms with Crippen molar-refractivity contribution in [2.45, 2.75) is 13.8 Å². The van der Waals surface area contributed by atoms with Crippen molar-refractivity contribution in [3.05, 3.63) is 69.9 Å². The highest BCUT2D eigenvalue weighted by Crippen LogP contribution is 2.24. The largest absolute Gasteiger partial charge is 0.367 e. The van der Waals surface area contributed by atoms with Crippen LogP contribution >= 0.6 is 0 Å². The third-order valence-corrected chi connectivity index (χ3v) is 3.92. The second kappa shape index (κ2) is 10.3. The first-order chi connectivity index (χ1) is 14.3. The Balaban J connectivity index is 0.000000220. The number of nitro benzene ring substituents is 1. The second-order valence-electron chi connectivity index (χ2n) is 6.07. The number of nitrogens with two attached hydrogens (primary N) is 1. The minimum atomic E-state index is -0.377. The number of aromatic amines is 1. The first-order valence-corrected chi connectivity index (χ1v) is 8.67. The Morgan fingerprint density at radius 1 is 1.23 bits per heavy atom. The van der Waals surface area contributed by atoms with Gasteiger partial charge in [-0.05, 0) is 37.6 Å². The SMILES string of the molecule is C/C(=N\N=C(/N)NO)c1ccc(NC=O)cc1.Cc1cc2cccc([N+](=O)[O-])c2[nH]1. The van der Waals surface area contributed by atoms with Crippen molar-refractivity contribution in [1.82, 2.24) is 10.5 Å². The molecule has 1 heterocycles. The Labute approximate surface area is 171 Å². The summed E-state index contributed by atoms with van der Waals surface area (Å²) in [7, 11) is 0. The molecular weight excluding hydrogens is 390 g/mol. The number of carbonyl (C=O) groups is 1. The van der Waals surface area contributed by atoms with Gasteiger partial charge in [-0.2, -0.15) is 5.10 Å². The van der Waals surface area contributed by atoms with Gasteiger partial charge in [-0.25, -0.2) is 5.48 Å². The van der Waals surface area contributed by atoms with Crippen LogP contribution in [0.3, 0.4) is 0 Å². The average Bonchev–Trinajstić information content (AvgIpc) is 3.13. The van der Waals surface area contributed by atoms with Gasteiger partial charge in [-0.15, -0.1) is 5.10 Å². The molecule has 0 aliphatic rings. The van der Waals surface area contributed by atoms with Crippen molar-refractivity contribution < 1.29 is 14.9 Å². The number of hydrogen-bond acceptors (Lipinski definition) is 6. The lowest BCUT2D eigenvalue weighted by molar-refractivity contribution is -0.383. The van der Waals surface area contributed by atoms with Crippen LogP contribution in [0, 0.1) is 17.0 Å². The lowest BCUT2D eigenvalue weighted by Crippen LogP contribution is -2.27. The van der Waals surface area contributed by atoms with E-state index in [1.54, 1.807) is 42.7 Å². The number of benzene rings is 2. The third-order valence-electron chi connectivity index (χ3n) is 3.92. The van der Waals surface area contributed by atoms with Gasteiger partial charge >= 0.3 is 0 Å². The summed E-state index contributed by atoms with van der Waals surface area (Å²) in [4.78, 5) is 23.4. The molecule has 0 saturated heterocycles. The van der Waals surface area contributed by atoms with Gasteiger partial charge in [0.15, 0.2) is 0 Å². The molecule has 30 heavy (non-hydrogen) atoms. The molecule has 3 aromatic rings. The summed E-state index contributed by atoms with van der Waals surface area (Å²) in [5, 5.41) is 29.7. The summed E-state index contributed by atoms with van der Waals surface area (Å²) < 4.78 is 0. The summed E-state index contributed by atoms with van der Waals surface area (Å²) in [6.07, 6.45) is 0.605. The number of aromatic nitrogens is 1. The maximum absolute atomic E-state index is 10.6. The molecule has 11 heteroatoms. The molecular formula is C19H21N7O4. The van der Waals surface area contributed by atoms with Crippen LogP contribution in [-0.4, -0.2) is 33.2 Å². The highest BCUT2D eigenvalue weighted by atomic mass is 16.6. The van der Waals surface area contributed by atoms with Crippen LogP contribution in [-0.2, 0) is 4.79 Å². The van der Waals surface area contributed by atoms with Gasteiger partial charge in [0.1, 0.15) is 5.52 Å². The summed E-state index contributed by atoms with van der Waals surface area (Å²) in [6, 6.07) is 14.0. The van der Waals surface area contributed by atoms with Crippen LogP contribution in [0.5, 0.6) is 0 Å². The number of non-ortho nitro benzene ring substituents is 1. The quantitative estimate of drug-likeness (QED) is 0.142. The van der Waals surface area contributed by atoms with E-state index in [1.165, 1.54) is 6.07 Å². The van der Waals surface area contributed by atoms with Crippen LogP contribution in [0.2, 0.25) is 0 Å². The number of fused-ring (bicyclic) bond motifs is 1. The monoisotopic (exact) mass is 411 g/mol. The Kier molecular flexibility index (Phi) is 7.60. The van der Waals surface area contributed by atoms with E-state index in [2.05, 4.69) is 20.5 Å². The summed E-state index contributed by atoms with van der Waals surface area (Å²) >= 11 is 0. The van der Waals surface area contributed by atoms with E-state index in [0.29, 0.717) is 23.3 Å². The minimum absolute atomic E-state index is 0.130. The van der Waals surface area contributed by atoms with Crippen LogP contribution in [0.25, 0.3) is 10.9 Å². The van der Waals surface area contributed by atoms with Gasteiger partial charge in [0.25, 0.3) is 5.69 Å². The number of nitro groups is 1. The maximum Gasteiger partial charge on any atom is 0.293 e. The minimum Gasteiger partial charge on any atom is -0.367 e. The standard InChI is InChI=1S/C10H13N5O2.C9H8N2O2/c1-7(13-14-10(11)15-17)8-2-4-9(5-3-8)12-6-16;1-6-5-7-3-2-4-8(11(12)13)9(7)10-6/h2-6,17H,1H3,(H,12,16)(H3,11,14,15);2-5,10H,1H3/b13-7+;. The number of rotatable bonds is 5. The van der Waals surface area contributed by atoms with Crippen LogP contribution in [0.15, 0.2) is 58.7 Å². The molecule has 0 unspecified atom stereocenters. The number of anilines is 1. The molecule has 2 aromatic carbocycles. The number of H-pyrrole nitrogens is 1. The van der Waals surface area contributed by atoms with Crippen molar-refractivity contribution in [2.24, 2.45) is 15.9 Å².